The van der Waals surface area contributed by atoms with E-state index in [4.69, 9.17) is 9.40 Å². The summed E-state index contributed by atoms with van der Waals surface area (Å²) in [5.41, 5.74) is 5.55. The maximum absolute atomic E-state index is 14.0. The molecule has 5 heterocycles. The molecular formula is C35H30FN5O4S. The number of pyridine rings is 1. The second kappa shape index (κ2) is 11.3. The van der Waals surface area contributed by atoms with E-state index < -0.39 is 11.9 Å². The van der Waals surface area contributed by atoms with Gasteiger partial charge in [0.25, 0.3) is 11.8 Å². The number of benzene rings is 2. The number of halogens is 1. The molecule has 5 aromatic rings. The molecular weight excluding hydrogens is 605 g/mol. The molecule has 9 nitrogen and oxygen atoms in total. The zero-order chi connectivity index (χ0) is 31.5. The molecule has 2 amide bonds. The molecule has 1 saturated heterocycles. The highest BCUT2D eigenvalue weighted by Gasteiger charge is 2.45. The van der Waals surface area contributed by atoms with Gasteiger partial charge in [0, 0.05) is 30.3 Å². The lowest BCUT2D eigenvalue weighted by atomic mass is 9.92. The number of aliphatic hydroxyl groups is 1. The Morgan fingerprint density at radius 2 is 1.91 bits per heavy atom. The molecule has 0 radical (unpaired) electrons. The monoisotopic (exact) mass is 635 g/mol. The van der Waals surface area contributed by atoms with Gasteiger partial charge in [-0.3, -0.25) is 14.6 Å². The summed E-state index contributed by atoms with van der Waals surface area (Å²) in [5.74, 6) is -0.194. The van der Waals surface area contributed by atoms with Gasteiger partial charge in [-0.05, 0) is 66.6 Å². The van der Waals surface area contributed by atoms with E-state index in [9.17, 15) is 19.1 Å². The number of aromatic nitrogens is 3. The van der Waals surface area contributed by atoms with Gasteiger partial charge in [-0.25, -0.2) is 4.39 Å². The minimum Gasteiger partial charge on any atom is -0.421 e. The van der Waals surface area contributed by atoms with Crippen LogP contribution in [0.15, 0.2) is 65.1 Å². The van der Waals surface area contributed by atoms with Crippen molar-refractivity contribution < 1.29 is 23.5 Å². The normalized spacial score (nSPS) is 18.8. The van der Waals surface area contributed by atoms with Gasteiger partial charge in [-0.15, -0.1) is 21.5 Å². The molecule has 232 valence electrons. The van der Waals surface area contributed by atoms with Crippen LogP contribution >= 0.6 is 11.3 Å². The molecule has 3 atom stereocenters. The quantitative estimate of drug-likeness (QED) is 0.216. The van der Waals surface area contributed by atoms with Crippen molar-refractivity contribution in [3.05, 3.63) is 111 Å². The van der Waals surface area contributed by atoms with Gasteiger partial charge >= 0.3 is 0 Å². The van der Waals surface area contributed by atoms with E-state index in [0.717, 1.165) is 31.2 Å². The Hall–Kier alpha value is -4.74. The van der Waals surface area contributed by atoms with E-state index in [1.54, 1.807) is 25.1 Å². The molecule has 1 aliphatic carbocycles. The average Bonchev–Trinajstić information content (AvgIpc) is 3.89. The van der Waals surface area contributed by atoms with Crippen LogP contribution in [-0.2, 0) is 12.8 Å². The van der Waals surface area contributed by atoms with E-state index >= 15 is 0 Å². The Kier molecular flexibility index (Phi) is 7.02. The molecule has 2 aliphatic heterocycles. The Morgan fingerprint density at radius 1 is 1.09 bits per heavy atom. The van der Waals surface area contributed by atoms with Crippen LogP contribution in [-0.4, -0.2) is 43.5 Å². The number of amides is 2. The number of rotatable bonds is 7. The second-order valence-electron chi connectivity index (χ2n) is 12.1. The fourth-order valence-corrected chi connectivity index (χ4v) is 8.06. The number of fused-ring (bicyclic) bond motifs is 4. The largest absolute Gasteiger partial charge is 0.421 e. The number of nitrogens with zero attached hydrogens (tertiary/aromatic N) is 4. The molecule has 46 heavy (non-hydrogen) atoms. The summed E-state index contributed by atoms with van der Waals surface area (Å²) < 4.78 is 19.6. The van der Waals surface area contributed by atoms with Crippen LogP contribution in [0.5, 0.6) is 0 Å². The Balaban J connectivity index is 1.24. The summed E-state index contributed by atoms with van der Waals surface area (Å²) in [7, 11) is 0. The van der Waals surface area contributed by atoms with Crippen molar-refractivity contribution in [2.75, 3.05) is 6.54 Å². The molecule has 0 bridgehead atoms. The smallest absolute Gasteiger partial charge is 0.261 e. The topological polar surface area (TPSA) is 121 Å². The van der Waals surface area contributed by atoms with Crippen LogP contribution in [0.4, 0.5) is 4.39 Å². The highest BCUT2D eigenvalue weighted by atomic mass is 32.1. The van der Waals surface area contributed by atoms with Crippen molar-refractivity contribution in [1.82, 2.24) is 25.4 Å². The number of aliphatic hydroxyl groups excluding tert-OH is 1. The van der Waals surface area contributed by atoms with Gasteiger partial charge in [-0.2, -0.15) is 0 Å². The van der Waals surface area contributed by atoms with Crippen molar-refractivity contribution in [2.45, 2.75) is 57.2 Å². The SMILES string of the molecule is Cc1nnc(-c2c(C[C@H](O)c3ccc(F)cc3)nc3c(c2-c2ccc(C(=O)N[C@H]4CCc5ccccc54)s2)C(=O)N2CCC[C@@H]32)o1. The van der Waals surface area contributed by atoms with Crippen molar-refractivity contribution in [3.63, 3.8) is 0 Å². The predicted octanol–water partition coefficient (Wildman–Crippen LogP) is 6.29. The predicted molar refractivity (Wildman–Crippen MR) is 169 cm³/mol. The number of thiophene rings is 1. The van der Waals surface area contributed by atoms with Gasteiger partial charge < -0.3 is 19.7 Å². The van der Waals surface area contributed by atoms with Gasteiger partial charge in [0.05, 0.1) is 45.6 Å². The molecule has 0 unspecified atom stereocenters. The Labute approximate surface area is 268 Å². The van der Waals surface area contributed by atoms with E-state index in [-0.39, 0.29) is 36.2 Å². The summed E-state index contributed by atoms with van der Waals surface area (Å²) in [5, 5.41) is 22.9. The zero-order valence-corrected chi connectivity index (χ0v) is 25.8. The van der Waals surface area contributed by atoms with E-state index in [0.29, 0.717) is 55.8 Å². The fraction of sp³-hybridized carbons (Fsp3) is 0.286. The molecule has 0 spiro atoms. The lowest BCUT2D eigenvalue weighted by Crippen LogP contribution is -2.26. The average molecular weight is 636 g/mol. The van der Waals surface area contributed by atoms with Crippen LogP contribution in [0.1, 0.15) is 91.4 Å². The first-order valence-corrected chi connectivity index (χ1v) is 16.3. The number of aryl methyl sites for hydroxylation is 2. The van der Waals surface area contributed by atoms with Crippen LogP contribution in [0.2, 0.25) is 0 Å². The van der Waals surface area contributed by atoms with Crippen molar-refractivity contribution >= 4 is 23.2 Å². The van der Waals surface area contributed by atoms with E-state index in [1.165, 1.54) is 29.0 Å². The van der Waals surface area contributed by atoms with Gasteiger partial charge in [0.1, 0.15) is 5.82 Å². The molecule has 3 aliphatic rings. The first-order valence-electron chi connectivity index (χ1n) is 15.5. The molecule has 0 saturated carbocycles. The standard InChI is InChI=1S/C35H30FN5O4S/c1-18-39-40-34(45-18)29-24(17-26(42)20-8-11-21(36)12-9-20)37-32-25-7-4-16-41(25)35(44)31(32)30(29)27-14-15-28(46-27)33(43)38-23-13-10-19-5-2-3-6-22(19)23/h2-3,5-6,8-9,11-12,14-15,23,25-26,42H,4,7,10,13,16-17H2,1H3,(H,38,43)/t23-,25-,26-/m0/s1. The van der Waals surface area contributed by atoms with Crippen molar-refractivity contribution in [2.24, 2.45) is 0 Å². The van der Waals surface area contributed by atoms with E-state index in [2.05, 4.69) is 27.6 Å². The number of carbonyl (C=O) groups is 2. The Morgan fingerprint density at radius 3 is 2.72 bits per heavy atom. The van der Waals surface area contributed by atoms with E-state index in [1.807, 2.05) is 23.1 Å². The fourth-order valence-electron chi connectivity index (χ4n) is 7.09. The number of carbonyl (C=O) groups excluding carboxylic acids is 2. The highest BCUT2D eigenvalue weighted by molar-refractivity contribution is 7.17. The van der Waals surface area contributed by atoms with Gasteiger partial charge in [0.2, 0.25) is 11.8 Å². The van der Waals surface area contributed by atoms with Crippen LogP contribution < -0.4 is 5.32 Å². The van der Waals surface area contributed by atoms with Crippen molar-refractivity contribution in [3.8, 4) is 21.9 Å². The summed E-state index contributed by atoms with van der Waals surface area (Å²) in [6.07, 6.45) is 2.46. The molecule has 2 aromatic carbocycles. The maximum Gasteiger partial charge on any atom is 0.261 e. The lowest BCUT2D eigenvalue weighted by molar-refractivity contribution is 0.0775. The number of hydrogen-bond donors (Lipinski definition) is 2. The summed E-state index contributed by atoms with van der Waals surface area (Å²) in [6.45, 7) is 2.31. The third-order valence-corrected chi connectivity index (χ3v) is 10.3. The zero-order valence-electron chi connectivity index (χ0n) is 25.0. The first-order chi connectivity index (χ1) is 22.4. The number of nitrogens with one attached hydrogen (secondary N) is 1. The molecule has 11 heteroatoms. The second-order valence-corrected chi connectivity index (χ2v) is 13.1. The summed E-state index contributed by atoms with van der Waals surface area (Å²) in [4.78, 5) is 35.7. The third-order valence-electron chi connectivity index (χ3n) is 9.24. The third kappa shape index (κ3) is 4.81. The highest BCUT2D eigenvalue weighted by Crippen LogP contribution is 2.49. The van der Waals surface area contributed by atoms with Crippen molar-refractivity contribution in [1.29, 1.82) is 0 Å². The van der Waals surface area contributed by atoms with Gasteiger partial charge in [-0.1, -0.05) is 36.4 Å². The molecule has 3 aromatic heterocycles. The van der Waals surface area contributed by atoms with Crippen LogP contribution in [0, 0.1) is 12.7 Å². The van der Waals surface area contributed by atoms with Crippen LogP contribution in [0.3, 0.4) is 0 Å². The maximum atomic E-state index is 14.0. The number of hydrogen-bond acceptors (Lipinski definition) is 8. The molecule has 1 fully saturated rings. The Bertz CT molecular complexity index is 2000. The lowest BCUT2D eigenvalue weighted by Gasteiger charge is -2.18. The minimum absolute atomic E-state index is 0.0589. The minimum atomic E-state index is -1.02. The first kappa shape index (κ1) is 28.7. The molecule has 8 rings (SSSR count). The summed E-state index contributed by atoms with van der Waals surface area (Å²) in [6, 6.07) is 17.2. The van der Waals surface area contributed by atoms with Crippen LogP contribution in [0.25, 0.3) is 21.9 Å². The summed E-state index contributed by atoms with van der Waals surface area (Å²) >= 11 is 1.29. The van der Waals surface area contributed by atoms with Gasteiger partial charge in [0.15, 0.2) is 0 Å². The molecule has 2 N–H and O–H groups in total.